The Morgan fingerprint density at radius 3 is 2.67 bits per heavy atom. The first kappa shape index (κ1) is 15.4. The number of hydrogen-bond acceptors (Lipinski definition) is 4. The van der Waals surface area contributed by atoms with Gasteiger partial charge in [-0.2, -0.15) is 5.10 Å². The van der Waals surface area contributed by atoms with Gasteiger partial charge in [0.2, 0.25) is 0 Å². The van der Waals surface area contributed by atoms with Gasteiger partial charge in [0.15, 0.2) is 0 Å². The second-order valence-electron chi connectivity index (χ2n) is 5.00. The lowest BCUT2D eigenvalue weighted by Crippen LogP contribution is -2.16. The second kappa shape index (κ2) is 6.18. The molecule has 0 bridgehead atoms. The highest BCUT2D eigenvalue weighted by molar-refractivity contribution is 6.31. The zero-order valence-corrected chi connectivity index (χ0v) is 13.1. The van der Waals surface area contributed by atoms with Gasteiger partial charge in [-0.3, -0.25) is 9.48 Å². The van der Waals surface area contributed by atoms with Gasteiger partial charge in [-0.1, -0.05) is 23.7 Å². The third kappa shape index (κ3) is 3.55. The van der Waals surface area contributed by atoms with Crippen LogP contribution in [0, 0.1) is 20.8 Å². The van der Waals surface area contributed by atoms with Crippen molar-refractivity contribution < 1.29 is 9.53 Å². The molecule has 0 unspecified atom stereocenters. The second-order valence-corrected chi connectivity index (χ2v) is 5.40. The first-order valence-electron chi connectivity index (χ1n) is 6.58. The smallest absolute Gasteiger partial charge is 0.328 e. The minimum absolute atomic E-state index is 0.0351. The average Bonchev–Trinajstić information content (AvgIpc) is 2.65. The van der Waals surface area contributed by atoms with Gasteiger partial charge in [0.05, 0.1) is 17.1 Å². The largest absolute Gasteiger partial charge is 0.459 e. The van der Waals surface area contributed by atoms with Crippen LogP contribution in [-0.2, 0) is 22.7 Å². The summed E-state index contributed by atoms with van der Waals surface area (Å²) in [5.74, 6) is -0.378. The molecule has 0 amide bonds. The maximum Gasteiger partial charge on any atom is 0.328 e. The molecule has 1 heterocycles. The van der Waals surface area contributed by atoms with Crippen LogP contribution in [0.3, 0.4) is 0 Å². The van der Waals surface area contributed by atoms with Gasteiger partial charge in [0, 0.05) is 10.6 Å². The van der Waals surface area contributed by atoms with E-state index in [1.165, 1.54) is 0 Å². The van der Waals surface area contributed by atoms with Crippen molar-refractivity contribution in [2.75, 3.05) is 5.73 Å². The van der Waals surface area contributed by atoms with E-state index in [1.54, 1.807) is 11.6 Å². The fraction of sp³-hybridized carbons (Fsp3) is 0.333. The van der Waals surface area contributed by atoms with E-state index in [0.717, 1.165) is 16.8 Å². The lowest BCUT2D eigenvalue weighted by Gasteiger charge is -2.08. The maximum absolute atomic E-state index is 11.9. The standard InChI is InChI=1S/C15H18ClN3O2/c1-9-4-5-12(13(16)6-9)8-21-14(20)7-19-11(3)15(17)10(2)18-19/h4-6H,7-8,17H2,1-3H3. The number of carbonyl (C=O) groups excluding carboxylic acids is 1. The van der Waals surface area contributed by atoms with Gasteiger partial charge in [0.1, 0.15) is 13.2 Å². The van der Waals surface area contributed by atoms with Crippen molar-refractivity contribution in [3.8, 4) is 0 Å². The number of esters is 1. The number of hydrogen-bond donors (Lipinski definition) is 1. The molecule has 0 saturated heterocycles. The van der Waals surface area contributed by atoms with Crippen molar-refractivity contribution in [2.24, 2.45) is 0 Å². The minimum atomic E-state index is -0.378. The molecule has 0 saturated carbocycles. The van der Waals surface area contributed by atoms with Crippen LogP contribution in [0.25, 0.3) is 0 Å². The average molecular weight is 308 g/mol. The summed E-state index contributed by atoms with van der Waals surface area (Å²) >= 11 is 6.10. The lowest BCUT2D eigenvalue weighted by atomic mass is 10.2. The number of ether oxygens (including phenoxy) is 1. The Kier molecular flexibility index (Phi) is 4.53. The Morgan fingerprint density at radius 1 is 1.38 bits per heavy atom. The molecular formula is C15H18ClN3O2. The molecule has 1 aromatic carbocycles. The molecular weight excluding hydrogens is 290 g/mol. The normalized spacial score (nSPS) is 10.7. The van der Waals surface area contributed by atoms with Gasteiger partial charge in [-0.25, -0.2) is 0 Å². The summed E-state index contributed by atoms with van der Waals surface area (Å²) in [7, 11) is 0. The van der Waals surface area contributed by atoms with Gasteiger partial charge >= 0.3 is 5.97 Å². The molecule has 0 spiro atoms. The number of aromatic nitrogens is 2. The van der Waals surface area contributed by atoms with Crippen molar-refractivity contribution in [3.63, 3.8) is 0 Å². The van der Waals surface area contributed by atoms with Crippen molar-refractivity contribution in [3.05, 3.63) is 45.7 Å². The number of benzene rings is 1. The van der Waals surface area contributed by atoms with E-state index in [0.29, 0.717) is 16.4 Å². The van der Waals surface area contributed by atoms with E-state index in [9.17, 15) is 4.79 Å². The van der Waals surface area contributed by atoms with Crippen LogP contribution in [-0.4, -0.2) is 15.7 Å². The van der Waals surface area contributed by atoms with Gasteiger partial charge in [0.25, 0.3) is 0 Å². The van der Waals surface area contributed by atoms with Crippen molar-refractivity contribution in [1.82, 2.24) is 9.78 Å². The molecule has 0 aliphatic carbocycles. The molecule has 2 rings (SSSR count). The van der Waals surface area contributed by atoms with Crippen molar-refractivity contribution >= 4 is 23.3 Å². The fourth-order valence-corrected chi connectivity index (χ4v) is 2.25. The molecule has 0 atom stereocenters. The van der Waals surface area contributed by atoms with Gasteiger partial charge in [-0.15, -0.1) is 0 Å². The molecule has 112 valence electrons. The van der Waals surface area contributed by atoms with E-state index in [4.69, 9.17) is 22.1 Å². The third-order valence-corrected chi connectivity index (χ3v) is 3.67. The summed E-state index contributed by atoms with van der Waals surface area (Å²) in [6.45, 7) is 5.75. The summed E-state index contributed by atoms with van der Waals surface area (Å²) in [5.41, 5.74) is 9.74. The molecule has 5 nitrogen and oxygen atoms in total. The number of rotatable bonds is 4. The minimum Gasteiger partial charge on any atom is -0.459 e. The van der Waals surface area contributed by atoms with E-state index < -0.39 is 0 Å². The molecule has 6 heteroatoms. The highest BCUT2D eigenvalue weighted by Crippen LogP contribution is 2.19. The molecule has 0 radical (unpaired) electrons. The number of anilines is 1. The summed E-state index contributed by atoms with van der Waals surface area (Å²) in [5, 5.41) is 4.79. The number of carbonyl (C=O) groups is 1. The Hall–Kier alpha value is -2.01. The number of nitrogens with zero attached hydrogens (tertiary/aromatic N) is 2. The van der Waals surface area contributed by atoms with Crippen molar-refractivity contribution in [2.45, 2.75) is 33.9 Å². The topological polar surface area (TPSA) is 70.1 Å². The highest BCUT2D eigenvalue weighted by Gasteiger charge is 2.13. The van der Waals surface area contributed by atoms with Gasteiger partial charge < -0.3 is 10.5 Å². The van der Waals surface area contributed by atoms with Crippen LogP contribution < -0.4 is 5.73 Å². The summed E-state index contributed by atoms with van der Waals surface area (Å²) < 4.78 is 6.78. The number of halogens is 1. The predicted molar refractivity (Wildman–Crippen MR) is 82.1 cm³/mol. The Labute approximate surface area is 128 Å². The van der Waals surface area contributed by atoms with Crippen LogP contribution in [0.2, 0.25) is 5.02 Å². The molecule has 1 aromatic heterocycles. The highest BCUT2D eigenvalue weighted by atomic mass is 35.5. The maximum atomic E-state index is 11.9. The Bertz CT molecular complexity index is 680. The predicted octanol–water partition coefficient (Wildman–Crippen LogP) is 2.79. The van der Waals surface area contributed by atoms with E-state index in [-0.39, 0.29) is 19.1 Å². The zero-order valence-electron chi connectivity index (χ0n) is 12.3. The first-order chi connectivity index (χ1) is 9.88. The quantitative estimate of drug-likeness (QED) is 0.882. The molecule has 0 fully saturated rings. The molecule has 0 aliphatic rings. The first-order valence-corrected chi connectivity index (χ1v) is 6.96. The molecule has 0 aliphatic heterocycles. The summed E-state index contributed by atoms with van der Waals surface area (Å²) in [6.07, 6.45) is 0. The Morgan fingerprint density at radius 2 is 2.10 bits per heavy atom. The van der Waals surface area contributed by atoms with Crippen LogP contribution >= 0.6 is 11.6 Å². The van der Waals surface area contributed by atoms with Crippen LogP contribution in [0.5, 0.6) is 0 Å². The van der Waals surface area contributed by atoms with E-state index in [2.05, 4.69) is 5.10 Å². The SMILES string of the molecule is Cc1ccc(COC(=O)Cn2nc(C)c(N)c2C)c(Cl)c1. The third-order valence-electron chi connectivity index (χ3n) is 3.31. The van der Waals surface area contributed by atoms with E-state index >= 15 is 0 Å². The lowest BCUT2D eigenvalue weighted by molar-refractivity contribution is -0.145. The summed E-state index contributed by atoms with van der Waals surface area (Å²) in [6, 6.07) is 5.62. The van der Waals surface area contributed by atoms with Gasteiger partial charge in [-0.05, 0) is 32.4 Å². The molecule has 2 N–H and O–H groups in total. The number of nitrogen functional groups attached to an aromatic ring is 1. The van der Waals surface area contributed by atoms with E-state index in [1.807, 2.05) is 32.0 Å². The summed E-state index contributed by atoms with van der Waals surface area (Å²) in [4.78, 5) is 11.9. The fourth-order valence-electron chi connectivity index (χ4n) is 1.96. The number of aryl methyl sites for hydroxylation is 2. The van der Waals surface area contributed by atoms with Crippen LogP contribution in [0.15, 0.2) is 18.2 Å². The zero-order chi connectivity index (χ0) is 15.6. The number of nitrogens with two attached hydrogens (primary N) is 1. The Balaban J connectivity index is 1.97. The molecule has 21 heavy (non-hydrogen) atoms. The van der Waals surface area contributed by atoms with Crippen molar-refractivity contribution in [1.29, 1.82) is 0 Å². The molecule has 2 aromatic rings. The van der Waals surface area contributed by atoms with Crippen LogP contribution in [0.1, 0.15) is 22.5 Å². The van der Waals surface area contributed by atoms with Crippen LogP contribution in [0.4, 0.5) is 5.69 Å². The monoisotopic (exact) mass is 307 g/mol.